The van der Waals surface area contributed by atoms with Crippen LogP contribution in [0, 0.1) is 9.54 Å². The van der Waals surface area contributed by atoms with Crippen LogP contribution < -0.4 is 5.19 Å². The van der Waals surface area contributed by atoms with Gasteiger partial charge >= 0.3 is 7.71 Å². The molecule has 0 aliphatic carbocycles. The van der Waals surface area contributed by atoms with Crippen molar-refractivity contribution in [1.29, 1.82) is 0 Å². The molecule has 22 heavy (non-hydrogen) atoms. The van der Waals surface area contributed by atoms with Gasteiger partial charge in [0.05, 0.1) is 0 Å². The zero-order valence-corrected chi connectivity index (χ0v) is 15.6. The van der Waals surface area contributed by atoms with Crippen molar-refractivity contribution in [3.63, 3.8) is 0 Å². The van der Waals surface area contributed by atoms with E-state index >= 15 is 0 Å². The normalized spacial score (nSPS) is 11.8. The molecule has 4 nitrogen and oxygen atoms in total. The number of imidazole rings is 2. The van der Waals surface area contributed by atoms with Gasteiger partial charge in [0.2, 0.25) is 0 Å². The third-order valence-electron chi connectivity index (χ3n) is 3.67. The fraction of sp³-hybridized carbons (Fsp3) is 0.143. The number of hydrogen-bond acceptors (Lipinski definition) is 2. The first kappa shape index (κ1) is 15.5. The summed E-state index contributed by atoms with van der Waals surface area (Å²) in [6, 6.07) is 10.0. The first-order valence-electron chi connectivity index (χ1n) is 6.69. The average molecular weight is 367 g/mol. The smallest absolute Gasteiger partial charge is 0.327 e. The lowest BCUT2D eigenvalue weighted by Crippen LogP contribution is -2.56. The molecule has 0 N–H and O–H groups in total. The summed E-state index contributed by atoms with van der Waals surface area (Å²) in [6.07, 6.45) is 7.70. The van der Waals surface area contributed by atoms with Crippen LogP contribution in [0.2, 0.25) is 0 Å². The lowest BCUT2D eigenvalue weighted by Gasteiger charge is -2.27. The van der Waals surface area contributed by atoms with E-state index in [9.17, 15) is 0 Å². The minimum absolute atomic E-state index is 0.677. The van der Waals surface area contributed by atoms with Crippen LogP contribution in [0.1, 0.15) is 0 Å². The maximum absolute atomic E-state index is 7.26. The van der Waals surface area contributed by atoms with Gasteiger partial charge in [0, 0.05) is 38.9 Å². The highest BCUT2D eigenvalue weighted by molar-refractivity contribution is 7.71. The second-order valence-corrected chi connectivity index (χ2v) is 10.1. The van der Waals surface area contributed by atoms with Crippen LogP contribution in [0.3, 0.4) is 0 Å². The summed E-state index contributed by atoms with van der Waals surface area (Å²) in [5.41, 5.74) is 0. The van der Waals surface area contributed by atoms with Gasteiger partial charge in [-0.05, 0) is 29.6 Å². The van der Waals surface area contributed by atoms with Crippen molar-refractivity contribution in [2.75, 3.05) is 0 Å². The minimum Gasteiger partial charge on any atom is -0.327 e. The van der Waals surface area contributed by atoms with Crippen molar-refractivity contribution in [3.05, 3.63) is 64.7 Å². The summed E-state index contributed by atoms with van der Waals surface area (Å²) in [5, 5.41) is 1.03. The molecule has 1 aromatic carbocycles. The molecule has 3 rings (SSSR count). The maximum atomic E-state index is 7.26. The van der Waals surface area contributed by atoms with Gasteiger partial charge in [-0.2, -0.15) is 0 Å². The van der Waals surface area contributed by atoms with Crippen LogP contribution in [0.25, 0.3) is 0 Å². The zero-order chi connectivity index (χ0) is 15.9. The molecule has 0 bridgehead atoms. The quantitative estimate of drug-likeness (QED) is 0.403. The van der Waals surface area contributed by atoms with E-state index in [0.717, 1.165) is 5.19 Å². The molecule has 2 heterocycles. The predicted molar refractivity (Wildman–Crippen MR) is 97.0 cm³/mol. The number of aryl methyl sites for hydroxylation is 2. The molecule has 8 heteroatoms. The maximum Gasteiger partial charge on any atom is 0.411 e. The molecule has 0 unspecified atom stereocenters. The summed E-state index contributed by atoms with van der Waals surface area (Å²) in [5.74, 6) is 0. The number of hydrogen-bond donors (Lipinski definition) is 0. The SMILES string of the molecule is Cn1ccn([Si](Cl)(c2ccccc2)n2ccn(C)c2=S)c1=S. The molecule has 0 amide bonds. The van der Waals surface area contributed by atoms with Gasteiger partial charge in [-0.3, -0.25) is 0 Å². The van der Waals surface area contributed by atoms with E-state index in [1.165, 1.54) is 0 Å². The number of halogens is 1. The Morgan fingerprint density at radius 3 is 1.64 bits per heavy atom. The molecular weight excluding hydrogens is 352 g/mol. The molecule has 0 radical (unpaired) electrons. The molecule has 0 aliphatic heterocycles. The van der Waals surface area contributed by atoms with Crippen LogP contribution in [0.4, 0.5) is 0 Å². The Morgan fingerprint density at radius 1 is 0.818 bits per heavy atom. The Balaban J connectivity index is 2.38. The van der Waals surface area contributed by atoms with Crippen LogP contribution in [-0.4, -0.2) is 25.3 Å². The highest BCUT2D eigenvalue weighted by atomic mass is 35.6. The second kappa shape index (κ2) is 5.66. The number of benzene rings is 1. The molecule has 0 saturated carbocycles. The van der Waals surface area contributed by atoms with Crippen molar-refractivity contribution in [2.45, 2.75) is 0 Å². The minimum atomic E-state index is -2.87. The van der Waals surface area contributed by atoms with Gasteiger partial charge in [-0.25, -0.2) is 0 Å². The van der Waals surface area contributed by atoms with Crippen LogP contribution >= 0.6 is 35.5 Å². The standard InChI is InChI=1S/C14H15ClN4S2Si/c1-16-8-10-18(13(16)20)22(15,12-6-4-3-5-7-12)19-11-9-17(2)14(19)21/h3-11H,1-2H3. The average Bonchev–Trinajstić information content (AvgIpc) is 3.04. The van der Waals surface area contributed by atoms with Gasteiger partial charge in [-0.1, -0.05) is 30.3 Å². The van der Waals surface area contributed by atoms with Crippen molar-refractivity contribution < 1.29 is 0 Å². The molecule has 0 spiro atoms. The largest absolute Gasteiger partial charge is 0.411 e. The van der Waals surface area contributed by atoms with Crippen molar-refractivity contribution >= 4 is 48.4 Å². The topological polar surface area (TPSA) is 19.7 Å². The summed E-state index contributed by atoms with van der Waals surface area (Å²) >= 11 is 18.4. The van der Waals surface area contributed by atoms with Crippen LogP contribution in [-0.2, 0) is 14.1 Å². The highest BCUT2D eigenvalue weighted by Gasteiger charge is 2.41. The lowest BCUT2D eigenvalue weighted by molar-refractivity contribution is 0.854. The Labute approximate surface area is 144 Å². The first-order valence-corrected chi connectivity index (χ1v) is 10.4. The molecule has 0 aliphatic rings. The molecule has 3 aromatic rings. The van der Waals surface area contributed by atoms with E-state index in [1.54, 1.807) is 0 Å². The van der Waals surface area contributed by atoms with Gasteiger partial charge in [-0.15, -0.1) is 11.1 Å². The molecule has 0 atom stereocenters. The third-order valence-corrected chi connectivity index (χ3v) is 9.78. The van der Waals surface area contributed by atoms with E-state index in [4.69, 9.17) is 35.5 Å². The van der Waals surface area contributed by atoms with Gasteiger partial charge < -0.3 is 17.6 Å². The molecule has 0 fully saturated rings. The van der Waals surface area contributed by atoms with Crippen molar-refractivity contribution in [3.8, 4) is 0 Å². The van der Waals surface area contributed by atoms with E-state index < -0.39 is 7.71 Å². The summed E-state index contributed by atoms with van der Waals surface area (Å²) in [7, 11) is 0.963. The van der Waals surface area contributed by atoms with Crippen molar-refractivity contribution in [2.24, 2.45) is 14.1 Å². The number of nitrogens with zero attached hydrogens (tertiary/aromatic N) is 4. The Morgan fingerprint density at radius 2 is 1.27 bits per heavy atom. The molecular formula is C14H15ClN4S2Si. The van der Waals surface area contributed by atoms with E-state index in [-0.39, 0.29) is 0 Å². The van der Waals surface area contributed by atoms with Crippen molar-refractivity contribution in [1.82, 2.24) is 17.6 Å². The first-order chi connectivity index (χ1) is 10.5. The van der Waals surface area contributed by atoms with E-state index in [0.29, 0.717) is 9.54 Å². The molecule has 114 valence electrons. The third kappa shape index (κ3) is 2.25. The van der Waals surface area contributed by atoms with Gasteiger partial charge in [0.15, 0.2) is 9.54 Å². The van der Waals surface area contributed by atoms with E-state index in [2.05, 4.69) is 0 Å². The molecule has 0 saturated heterocycles. The highest BCUT2D eigenvalue weighted by Crippen LogP contribution is 2.19. The summed E-state index contributed by atoms with van der Waals surface area (Å²) in [4.78, 5) is 0. The van der Waals surface area contributed by atoms with Crippen LogP contribution in [0.5, 0.6) is 0 Å². The summed E-state index contributed by atoms with van der Waals surface area (Å²) in [6.45, 7) is 0. The number of rotatable bonds is 3. The second-order valence-electron chi connectivity index (χ2n) is 5.08. The van der Waals surface area contributed by atoms with Gasteiger partial charge in [0.25, 0.3) is 0 Å². The molecule has 2 aromatic heterocycles. The Bertz CT molecular complexity index is 868. The number of aromatic nitrogens is 4. The fourth-order valence-electron chi connectivity index (χ4n) is 2.42. The fourth-order valence-corrected chi connectivity index (χ4v) is 7.71. The lowest BCUT2D eigenvalue weighted by atomic mass is 10.4. The van der Waals surface area contributed by atoms with E-state index in [1.807, 2.05) is 86.8 Å². The zero-order valence-electron chi connectivity index (χ0n) is 12.2. The Kier molecular flexibility index (Phi) is 3.98. The van der Waals surface area contributed by atoms with Gasteiger partial charge in [0.1, 0.15) is 0 Å². The summed E-state index contributed by atoms with van der Waals surface area (Å²) < 4.78 is 9.08. The monoisotopic (exact) mass is 366 g/mol. The Hall–Kier alpha value is -1.41. The predicted octanol–water partition coefficient (Wildman–Crippen LogP) is 2.91. The van der Waals surface area contributed by atoms with Crippen LogP contribution in [0.15, 0.2) is 55.1 Å².